The van der Waals surface area contributed by atoms with Gasteiger partial charge in [0, 0.05) is 0 Å². The van der Waals surface area contributed by atoms with E-state index in [-0.39, 0.29) is 0 Å². The minimum absolute atomic E-state index is 0.370. The van der Waals surface area contributed by atoms with Gasteiger partial charge in [0.2, 0.25) is 0 Å². The van der Waals surface area contributed by atoms with Crippen LogP contribution in [0.3, 0.4) is 0 Å². The van der Waals surface area contributed by atoms with Gasteiger partial charge in [0.05, 0.1) is 10.4 Å². The third-order valence-electron chi connectivity index (χ3n) is 2.62. The molecule has 0 aliphatic rings. The number of aromatic nitrogens is 2. The molecular weight excluding hydrogens is 299 g/mol. The van der Waals surface area contributed by atoms with Gasteiger partial charge in [0.25, 0.3) is 0 Å². The summed E-state index contributed by atoms with van der Waals surface area (Å²) < 4.78 is 0. The Kier molecular flexibility index (Phi) is 3.51. The average molecular weight is 307 g/mol. The summed E-state index contributed by atoms with van der Waals surface area (Å²) in [5.74, 6) is 0.560. The highest BCUT2D eigenvalue weighted by Gasteiger charge is 2.14. The Hall–Kier alpha value is -1.42. The summed E-state index contributed by atoms with van der Waals surface area (Å²) in [5, 5.41) is 2.70. The van der Waals surface area contributed by atoms with E-state index in [9.17, 15) is 0 Å². The van der Waals surface area contributed by atoms with Gasteiger partial charge in [-0.25, -0.2) is 9.97 Å². The molecule has 3 rings (SSSR count). The summed E-state index contributed by atoms with van der Waals surface area (Å²) in [7, 11) is 0. The second-order valence-electron chi connectivity index (χ2n) is 3.85. The number of hydrogen-bond acceptors (Lipinski definition) is 3. The molecule has 0 bridgehead atoms. The van der Waals surface area contributed by atoms with Crippen LogP contribution in [0.4, 0.5) is 0 Å². The first-order chi connectivity index (χ1) is 9.25. The molecular formula is C14H8Cl2N2S. The van der Waals surface area contributed by atoms with Crippen LogP contribution in [0.1, 0.15) is 0 Å². The fourth-order valence-corrected chi connectivity index (χ4v) is 3.03. The van der Waals surface area contributed by atoms with Crippen molar-refractivity contribution in [1.29, 1.82) is 0 Å². The molecule has 0 aliphatic heterocycles. The van der Waals surface area contributed by atoms with E-state index in [0.29, 0.717) is 21.7 Å². The molecule has 0 saturated heterocycles. The number of halogens is 2. The van der Waals surface area contributed by atoms with Gasteiger partial charge in [-0.3, -0.25) is 0 Å². The van der Waals surface area contributed by atoms with E-state index >= 15 is 0 Å². The Balaban J connectivity index is 2.14. The predicted octanol–water partition coefficient (Wildman–Crippen LogP) is 5.18. The van der Waals surface area contributed by atoms with Gasteiger partial charge in [-0.2, -0.15) is 0 Å². The molecule has 0 aliphatic carbocycles. The Labute approximate surface area is 124 Å². The van der Waals surface area contributed by atoms with Gasteiger partial charge in [0.15, 0.2) is 5.82 Å². The van der Waals surface area contributed by atoms with Crippen molar-refractivity contribution in [1.82, 2.24) is 9.97 Å². The fourth-order valence-electron chi connectivity index (χ4n) is 1.77. The molecule has 1 aromatic carbocycles. The third kappa shape index (κ3) is 2.50. The number of nitrogens with zero attached hydrogens (tertiary/aromatic N) is 2. The Morgan fingerprint density at radius 1 is 0.842 bits per heavy atom. The van der Waals surface area contributed by atoms with E-state index < -0.39 is 0 Å². The lowest BCUT2D eigenvalue weighted by Crippen LogP contribution is -1.93. The normalized spacial score (nSPS) is 10.6. The zero-order chi connectivity index (χ0) is 13.2. The zero-order valence-electron chi connectivity index (χ0n) is 9.68. The van der Waals surface area contributed by atoms with Gasteiger partial charge in [0.1, 0.15) is 10.3 Å². The third-order valence-corrected chi connectivity index (χ3v) is 4.04. The van der Waals surface area contributed by atoms with Gasteiger partial charge in [-0.05, 0) is 17.0 Å². The minimum Gasteiger partial charge on any atom is -0.215 e. The highest BCUT2D eigenvalue weighted by Crippen LogP contribution is 2.34. The van der Waals surface area contributed by atoms with Crippen LogP contribution in [0.5, 0.6) is 0 Å². The highest BCUT2D eigenvalue weighted by molar-refractivity contribution is 7.13. The summed E-state index contributed by atoms with van der Waals surface area (Å²) in [6.45, 7) is 0. The molecule has 2 nitrogen and oxygen atoms in total. The van der Waals surface area contributed by atoms with Gasteiger partial charge < -0.3 is 0 Å². The molecule has 2 heterocycles. The van der Waals surface area contributed by atoms with E-state index in [2.05, 4.69) is 9.97 Å². The fraction of sp³-hybridized carbons (Fsp3) is 0. The van der Waals surface area contributed by atoms with Crippen molar-refractivity contribution in [3.63, 3.8) is 0 Å². The summed E-state index contributed by atoms with van der Waals surface area (Å²) >= 11 is 14.1. The van der Waals surface area contributed by atoms with Crippen LogP contribution in [0.2, 0.25) is 10.3 Å². The standard InChI is InChI=1S/C14H8Cl2N2S/c15-12-11(9-5-2-1-3-6-9)13(16)18-14(17-12)10-7-4-8-19-10/h1-8H. The lowest BCUT2D eigenvalue weighted by molar-refractivity contribution is 1.19. The predicted molar refractivity (Wildman–Crippen MR) is 80.8 cm³/mol. The first-order valence-corrected chi connectivity index (χ1v) is 7.21. The summed E-state index contributed by atoms with van der Waals surface area (Å²) in [4.78, 5) is 9.61. The molecule has 2 aromatic heterocycles. The smallest absolute Gasteiger partial charge is 0.172 e. The Morgan fingerprint density at radius 3 is 2.11 bits per heavy atom. The monoisotopic (exact) mass is 306 g/mol. The first-order valence-electron chi connectivity index (χ1n) is 5.58. The number of hydrogen-bond donors (Lipinski definition) is 0. The lowest BCUT2D eigenvalue weighted by atomic mass is 10.1. The van der Waals surface area contributed by atoms with Crippen LogP contribution in [0.25, 0.3) is 21.8 Å². The van der Waals surface area contributed by atoms with Crippen LogP contribution in [0, 0.1) is 0 Å². The van der Waals surface area contributed by atoms with Crippen molar-refractivity contribution >= 4 is 34.5 Å². The minimum atomic E-state index is 0.370. The lowest BCUT2D eigenvalue weighted by Gasteiger charge is -2.07. The molecule has 3 aromatic rings. The molecule has 0 radical (unpaired) electrons. The summed E-state index contributed by atoms with van der Waals surface area (Å²) in [6.07, 6.45) is 0. The molecule has 0 N–H and O–H groups in total. The summed E-state index contributed by atoms with van der Waals surface area (Å²) in [5.41, 5.74) is 1.58. The SMILES string of the molecule is Clc1nc(-c2cccs2)nc(Cl)c1-c1ccccc1. The van der Waals surface area contributed by atoms with E-state index in [4.69, 9.17) is 23.2 Å². The van der Waals surface area contributed by atoms with Crippen molar-refractivity contribution in [2.75, 3.05) is 0 Å². The molecule has 0 atom stereocenters. The molecule has 94 valence electrons. The number of thiophene rings is 1. The second-order valence-corrected chi connectivity index (χ2v) is 5.51. The van der Waals surface area contributed by atoms with Crippen molar-refractivity contribution in [3.8, 4) is 21.8 Å². The maximum absolute atomic E-state index is 6.26. The van der Waals surface area contributed by atoms with Gasteiger partial charge in [-0.1, -0.05) is 59.6 Å². The molecule has 0 fully saturated rings. The van der Waals surface area contributed by atoms with Crippen LogP contribution in [-0.4, -0.2) is 9.97 Å². The molecule has 5 heteroatoms. The maximum atomic E-state index is 6.26. The van der Waals surface area contributed by atoms with Gasteiger partial charge >= 0.3 is 0 Å². The van der Waals surface area contributed by atoms with E-state index in [1.807, 2.05) is 47.8 Å². The molecule has 0 unspecified atom stereocenters. The highest BCUT2D eigenvalue weighted by atomic mass is 35.5. The van der Waals surface area contributed by atoms with Crippen molar-refractivity contribution in [2.24, 2.45) is 0 Å². The van der Waals surface area contributed by atoms with Crippen molar-refractivity contribution in [3.05, 3.63) is 58.2 Å². The van der Waals surface area contributed by atoms with Crippen LogP contribution in [-0.2, 0) is 0 Å². The largest absolute Gasteiger partial charge is 0.215 e. The molecule has 19 heavy (non-hydrogen) atoms. The van der Waals surface area contributed by atoms with E-state index in [1.165, 1.54) is 0 Å². The summed E-state index contributed by atoms with van der Waals surface area (Å²) in [6, 6.07) is 13.5. The quantitative estimate of drug-likeness (QED) is 0.610. The van der Waals surface area contributed by atoms with E-state index in [1.54, 1.807) is 11.3 Å². The average Bonchev–Trinajstić information content (AvgIpc) is 2.93. The van der Waals surface area contributed by atoms with Crippen molar-refractivity contribution < 1.29 is 0 Å². The van der Waals surface area contributed by atoms with Crippen LogP contribution >= 0.6 is 34.5 Å². The Bertz CT molecular complexity index is 674. The Morgan fingerprint density at radius 2 is 1.53 bits per heavy atom. The number of rotatable bonds is 2. The van der Waals surface area contributed by atoms with E-state index in [0.717, 1.165) is 10.4 Å². The van der Waals surface area contributed by atoms with Gasteiger partial charge in [-0.15, -0.1) is 11.3 Å². The maximum Gasteiger partial charge on any atom is 0.172 e. The zero-order valence-corrected chi connectivity index (χ0v) is 12.0. The topological polar surface area (TPSA) is 25.8 Å². The molecule has 0 saturated carbocycles. The molecule has 0 amide bonds. The van der Waals surface area contributed by atoms with Crippen LogP contribution in [0.15, 0.2) is 47.8 Å². The van der Waals surface area contributed by atoms with Crippen molar-refractivity contribution in [2.45, 2.75) is 0 Å². The first kappa shape index (κ1) is 12.6. The number of benzene rings is 1. The second kappa shape index (κ2) is 5.29. The van der Waals surface area contributed by atoms with Crippen LogP contribution < -0.4 is 0 Å². The molecule has 0 spiro atoms.